The zero-order valence-corrected chi connectivity index (χ0v) is 19.2. The van der Waals surface area contributed by atoms with Gasteiger partial charge in [0.1, 0.15) is 0 Å². The molecule has 1 saturated heterocycles. The Labute approximate surface area is 178 Å². The van der Waals surface area contributed by atoms with Crippen molar-refractivity contribution in [2.24, 2.45) is 0 Å². The summed E-state index contributed by atoms with van der Waals surface area (Å²) in [5, 5.41) is 1.12. The molecule has 0 aromatic heterocycles. The van der Waals surface area contributed by atoms with Gasteiger partial charge in [0, 0.05) is 0 Å². The summed E-state index contributed by atoms with van der Waals surface area (Å²) in [6, 6.07) is 22.2. The third-order valence-corrected chi connectivity index (χ3v) is 7.47. The molecule has 2 heterocycles. The molecular weight excluding hydrogens is 469 g/mol. The number of halogens is 1. The van der Waals surface area contributed by atoms with Crippen LogP contribution in [0.4, 0.5) is 0 Å². The van der Waals surface area contributed by atoms with Gasteiger partial charge in [-0.15, -0.1) is 0 Å². The Morgan fingerprint density at radius 1 is 1.00 bits per heavy atom. The molecule has 1 fully saturated rings. The Balaban J connectivity index is 0.00000210. The Hall–Kier alpha value is -0.971. The fourth-order valence-corrected chi connectivity index (χ4v) is 6.13. The summed E-state index contributed by atoms with van der Waals surface area (Å²) in [5.41, 5.74) is 1.33. The first-order valence-corrected chi connectivity index (χ1v) is 11.3. The molecule has 2 aromatic rings. The average Bonchev–Trinajstić information content (AvgIpc) is 3.12. The zero-order chi connectivity index (χ0) is 18.1. The van der Waals surface area contributed by atoms with Gasteiger partial charge in [-0.25, -0.2) is 0 Å². The van der Waals surface area contributed by atoms with Crippen LogP contribution >= 0.6 is 0 Å². The van der Waals surface area contributed by atoms with E-state index in [2.05, 4.69) is 78.4 Å². The van der Waals surface area contributed by atoms with Crippen LogP contribution in [0.2, 0.25) is 5.32 Å². The summed E-state index contributed by atoms with van der Waals surface area (Å²) in [4.78, 5) is 0. The molecule has 144 valence electrons. The smallest absolute Gasteiger partial charge is 1.00 e. The molecule has 0 radical (unpaired) electrons. The number of hydrogen-bond acceptors (Lipinski definition) is 2. The molecule has 0 amide bonds. The normalized spacial score (nSPS) is 26.8. The summed E-state index contributed by atoms with van der Waals surface area (Å²) in [5.74, 6) is -0.494. The van der Waals surface area contributed by atoms with Crippen molar-refractivity contribution in [3.8, 4) is 0 Å². The number of nitrogens with zero attached hydrogens (tertiary/aromatic N) is 1. The number of rotatable bonds is 5. The van der Waals surface area contributed by atoms with E-state index in [1.54, 1.807) is 0 Å². The first kappa shape index (κ1) is 20.8. The largest absolute Gasteiger partial charge is 1.00 e. The minimum atomic E-state index is -0.494. The predicted molar refractivity (Wildman–Crippen MR) is 105 cm³/mol. The second kappa shape index (κ2) is 8.59. The van der Waals surface area contributed by atoms with Crippen LogP contribution in [0.1, 0.15) is 32.4 Å². The van der Waals surface area contributed by atoms with E-state index in [4.69, 9.17) is 9.47 Å². The van der Waals surface area contributed by atoms with Crippen molar-refractivity contribution in [3.63, 3.8) is 0 Å². The van der Waals surface area contributed by atoms with Crippen LogP contribution in [0.25, 0.3) is 0 Å². The molecule has 2 aliphatic heterocycles. The van der Waals surface area contributed by atoms with Crippen LogP contribution in [-0.2, 0) is 9.47 Å². The van der Waals surface area contributed by atoms with Crippen LogP contribution in [0.3, 0.4) is 0 Å². The molecular formula is C22H26BrNO2Se. The SMILES string of the molecule is C[C@@H](c1ccccc1)[N+]1=C[C@@H]2OC(C)(C)O[C@@H]2C1C[Se]c1ccccc1.[Br-]. The number of hydrogen-bond donors (Lipinski definition) is 0. The summed E-state index contributed by atoms with van der Waals surface area (Å²) >= 11 is 0.416. The number of ether oxygens (including phenoxy) is 2. The monoisotopic (exact) mass is 495 g/mol. The second-order valence-corrected chi connectivity index (χ2v) is 9.73. The van der Waals surface area contributed by atoms with Gasteiger partial charge in [-0.2, -0.15) is 0 Å². The van der Waals surface area contributed by atoms with E-state index in [1.165, 1.54) is 10.0 Å². The summed E-state index contributed by atoms with van der Waals surface area (Å²) in [6.07, 6.45) is 2.43. The Kier molecular flexibility index (Phi) is 6.60. The third-order valence-electron chi connectivity index (χ3n) is 5.14. The maximum atomic E-state index is 6.30. The standard InChI is InChI=1S/C22H26NO2Se.BrH/c1-16(17-10-6-4-7-11-17)23-14-20-21(25-22(2,3)24-20)19(23)15-26-18-12-8-5-9-13-18;/h4-14,16,19-21H,15H2,1-3H3;1H/q+1;/p-1/t16-,19?,20-,21+;/m0./s1. The molecule has 2 aromatic carbocycles. The van der Waals surface area contributed by atoms with Crippen LogP contribution in [0.5, 0.6) is 0 Å². The van der Waals surface area contributed by atoms with Gasteiger partial charge < -0.3 is 17.0 Å². The van der Waals surface area contributed by atoms with Gasteiger partial charge in [0.25, 0.3) is 0 Å². The molecule has 0 saturated carbocycles. The molecule has 0 spiro atoms. The topological polar surface area (TPSA) is 21.5 Å². The fraction of sp³-hybridized carbons (Fsp3) is 0.409. The van der Waals surface area contributed by atoms with Crippen LogP contribution in [0, 0.1) is 0 Å². The van der Waals surface area contributed by atoms with E-state index in [9.17, 15) is 0 Å². The zero-order valence-electron chi connectivity index (χ0n) is 15.9. The first-order chi connectivity index (χ1) is 12.5. The molecule has 1 unspecified atom stereocenters. The molecule has 0 bridgehead atoms. The quantitative estimate of drug-likeness (QED) is 0.437. The van der Waals surface area contributed by atoms with E-state index < -0.39 is 5.79 Å². The van der Waals surface area contributed by atoms with Crippen molar-refractivity contribution in [2.45, 2.75) is 56.2 Å². The average molecular weight is 495 g/mol. The van der Waals surface area contributed by atoms with Crippen molar-refractivity contribution in [1.29, 1.82) is 0 Å². The first-order valence-electron chi connectivity index (χ1n) is 9.24. The van der Waals surface area contributed by atoms with Gasteiger partial charge in [0.2, 0.25) is 0 Å². The Bertz CT molecular complexity index is 781. The summed E-state index contributed by atoms with van der Waals surface area (Å²) in [7, 11) is 0. The Morgan fingerprint density at radius 2 is 1.63 bits per heavy atom. The van der Waals surface area contributed by atoms with Crippen molar-refractivity contribution >= 4 is 25.6 Å². The molecule has 3 nitrogen and oxygen atoms in total. The van der Waals surface area contributed by atoms with Gasteiger partial charge in [0.15, 0.2) is 0 Å². The molecule has 0 aliphatic carbocycles. The third kappa shape index (κ3) is 4.55. The van der Waals surface area contributed by atoms with Crippen molar-refractivity contribution in [1.82, 2.24) is 0 Å². The molecule has 4 rings (SSSR count). The number of benzene rings is 2. The molecule has 4 atom stereocenters. The fourth-order valence-electron chi connectivity index (χ4n) is 3.88. The van der Waals surface area contributed by atoms with Gasteiger partial charge in [-0.3, -0.25) is 0 Å². The van der Waals surface area contributed by atoms with E-state index in [0.29, 0.717) is 27.0 Å². The maximum Gasteiger partial charge on any atom is -1.00 e. The van der Waals surface area contributed by atoms with E-state index in [-0.39, 0.29) is 29.2 Å². The van der Waals surface area contributed by atoms with Crippen LogP contribution < -0.4 is 21.4 Å². The van der Waals surface area contributed by atoms with Crippen molar-refractivity contribution in [3.05, 3.63) is 66.2 Å². The molecule has 2 aliphatic rings. The summed E-state index contributed by atoms with van der Waals surface area (Å²) < 4.78 is 16.4. The van der Waals surface area contributed by atoms with Gasteiger partial charge in [0.05, 0.1) is 0 Å². The number of fused-ring (bicyclic) bond motifs is 1. The van der Waals surface area contributed by atoms with E-state index >= 15 is 0 Å². The van der Waals surface area contributed by atoms with E-state index in [1.807, 2.05) is 13.8 Å². The second-order valence-electron chi connectivity index (χ2n) is 7.44. The van der Waals surface area contributed by atoms with Gasteiger partial charge in [-0.1, -0.05) is 0 Å². The Morgan fingerprint density at radius 3 is 2.30 bits per heavy atom. The molecule has 27 heavy (non-hydrogen) atoms. The summed E-state index contributed by atoms with van der Waals surface area (Å²) in [6.45, 7) is 6.31. The minimum Gasteiger partial charge on any atom is -1.00 e. The van der Waals surface area contributed by atoms with Gasteiger partial charge in [-0.05, 0) is 0 Å². The molecule has 5 heteroatoms. The van der Waals surface area contributed by atoms with Gasteiger partial charge >= 0.3 is 162 Å². The molecule has 0 N–H and O–H groups in total. The maximum absolute atomic E-state index is 6.30. The van der Waals surface area contributed by atoms with Crippen LogP contribution in [0.15, 0.2) is 60.7 Å². The minimum absolute atomic E-state index is 0. The van der Waals surface area contributed by atoms with E-state index in [0.717, 1.165) is 5.32 Å². The van der Waals surface area contributed by atoms with Crippen LogP contribution in [-0.4, -0.2) is 49.8 Å². The van der Waals surface area contributed by atoms with Crippen molar-refractivity contribution < 1.29 is 31.0 Å². The van der Waals surface area contributed by atoms with Crippen molar-refractivity contribution in [2.75, 3.05) is 0 Å². The predicted octanol–water partition coefficient (Wildman–Crippen LogP) is 0.185.